The second kappa shape index (κ2) is 6.21. The van der Waals surface area contributed by atoms with Gasteiger partial charge in [0.2, 0.25) is 11.8 Å². The second-order valence-electron chi connectivity index (χ2n) is 4.88. The number of nitrogens with zero attached hydrogens (tertiary/aromatic N) is 1. The molecule has 9 heteroatoms. The van der Waals surface area contributed by atoms with Crippen LogP contribution in [0.2, 0.25) is 0 Å². The maximum atomic E-state index is 11.8. The molecule has 0 aliphatic heterocycles. The monoisotopic (exact) mass is 306 g/mol. The van der Waals surface area contributed by atoms with E-state index in [0.29, 0.717) is 0 Å². The number of sulfone groups is 1. The predicted octanol–water partition coefficient (Wildman–Crippen LogP) is -1.39. The highest BCUT2D eigenvalue weighted by Crippen LogP contribution is 2.25. The third-order valence-electron chi connectivity index (χ3n) is 2.93. The minimum absolute atomic E-state index is 0.0864. The number of hydrogen-bond donors (Lipinski definition) is 2. The Bertz CT molecular complexity index is 511. The minimum atomic E-state index is -3.91. The Hall–Kier alpha value is -1.64. The van der Waals surface area contributed by atoms with Gasteiger partial charge in [-0.2, -0.15) is 0 Å². The van der Waals surface area contributed by atoms with E-state index in [9.17, 15) is 22.8 Å². The summed E-state index contributed by atoms with van der Waals surface area (Å²) in [6, 6.07) is -1.46. The summed E-state index contributed by atoms with van der Waals surface area (Å²) in [5.41, 5.74) is 0. The summed E-state index contributed by atoms with van der Waals surface area (Å²) in [5.74, 6) is -4.20. The molecule has 1 saturated carbocycles. The van der Waals surface area contributed by atoms with E-state index in [4.69, 9.17) is 5.11 Å². The number of carboxylic acid groups (broad SMARTS) is 1. The summed E-state index contributed by atoms with van der Waals surface area (Å²) in [4.78, 5) is 34.8. The van der Waals surface area contributed by atoms with Gasteiger partial charge in [0, 0.05) is 20.0 Å². The average molecular weight is 306 g/mol. The van der Waals surface area contributed by atoms with Crippen LogP contribution < -0.4 is 5.32 Å². The van der Waals surface area contributed by atoms with Gasteiger partial charge in [0.1, 0.15) is 11.8 Å². The molecule has 2 N–H and O–H groups in total. The molecule has 1 aliphatic rings. The van der Waals surface area contributed by atoms with Crippen LogP contribution in [0.5, 0.6) is 0 Å². The molecule has 0 heterocycles. The van der Waals surface area contributed by atoms with Crippen molar-refractivity contribution in [1.29, 1.82) is 0 Å². The lowest BCUT2D eigenvalue weighted by molar-refractivity contribution is -0.140. The van der Waals surface area contributed by atoms with Crippen molar-refractivity contribution >= 4 is 27.6 Å². The summed E-state index contributed by atoms with van der Waals surface area (Å²) >= 11 is 0. The molecule has 0 spiro atoms. The first kappa shape index (κ1) is 16.4. The van der Waals surface area contributed by atoms with Gasteiger partial charge in [0.15, 0.2) is 9.84 Å². The number of aliphatic carboxylic acids is 1. The molecule has 0 aromatic carbocycles. The van der Waals surface area contributed by atoms with Crippen LogP contribution in [0.1, 0.15) is 19.8 Å². The Labute approximate surface area is 117 Å². The Morgan fingerprint density at radius 1 is 1.35 bits per heavy atom. The summed E-state index contributed by atoms with van der Waals surface area (Å²) in [6.07, 6.45) is 1.71. The largest absolute Gasteiger partial charge is 0.480 e. The summed E-state index contributed by atoms with van der Waals surface area (Å²) < 4.78 is 23.6. The summed E-state index contributed by atoms with van der Waals surface area (Å²) in [7, 11) is -2.38. The predicted molar refractivity (Wildman–Crippen MR) is 69.7 cm³/mol. The van der Waals surface area contributed by atoms with Gasteiger partial charge in [-0.15, -0.1) is 0 Å². The van der Waals surface area contributed by atoms with Gasteiger partial charge in [0.05, 0.1) is 5.75 Å². The molecule has 1 atom stereocenters. The molecule has 0 aromatic rings. The number of nitrogens with one attached hydrogen (secondary N) is 1. The van der Waals surface area contributed by atoms with Crippen molar-refractivity contribution in [1.82, 2.24) is 10.2 Å². The van der Waals surface area contributed by atoms with Crippen molar-refractivity contribution in [2.75, 3.05) is 18.6 Å². The fourth-order valence-corrected chi connectivity index (χ4v) is 3.12. The molecule has 0 bridgehead atoms. The van der Waals surface area contributed by atoms with Gasteiger partial charge in [-0.25, -0.2) is 13.2 Å². The van der Waals surface area contributed by atoms with E-state index in [2.05, 4.69) is 0 Å². The molecule has 0 unspecified atom stereocenters. The van der Waals surface area contributed by atoms with Crippen molar-refractivity contribution in [3.8, 4) is 0 Å². The van der Waals surface area contributed by atoms with Crippen molar-refractivity contribution < 1.29 is 27.9 Å². The molecule has 0 saturated heterocycles. The number of carboxylic acids is 1. The highest BCUT2D eigenvalue weighted by Gasteiger charge is 2.33. The quantitative estimate of drug-likeness (QED) is 0.597. The van der Waals surface area contributed by atoms with Crippen molar-refractivity contribution in [2.45, 2.75) is 31.8 Å². The van der Waals surface area contributed by atoms with Gasteiger partial charge in [-0.05, 0) is 12.8 Å². The molecule has 20 heavy (non-hydrogen) atoms. The average Bonchev–Trinajstić information content (AvgIpc) is 3.08. The lowest BCUT2D eigenvalue weighted by Crippen LogP contribution is -2.46. The SMILES string of the molecule is CC(=O)N[C@@H](CS(=O)(=O)CC(=O)N(C)C1CC1)C(=O)O. The first-order valence-corrected chi connectivity index (χ1v) is 7.90. The Balaban J connectivity index is 2.64. The standard InChI is InChI=1S/C11H18N2O6S/c1-7(14)12-9(11(16)17)5-20(18,19)6-10(15)13(2)8-3-4-8/h8-9H,3-6H2,1-2H3,(H,12,14)(H,16,17)/t9-/m0/s1. The molecule has 2 amide bonds. The van der Waals surface area contributed by atoms with Gasteiger partial charge < -0.3 is 15.3 Å². The van der Waals surface area contributed by atoms with Crippen LogP contribution in [0.15, 0.2) is 0 Å². The summed E-state index contributed by atoms with van der Waals surface area (Å²) in [5, 5.41) is 10.9. The maximum Gasteiger partial charge on any atom is 0.327 e. The topological polar surface area (TPSA) is 121 Å². The lowest BCUT2D eigenvalue weighted by Gasteiger charge is -2.17. The Morgan fingerprint density at radius 2 is 1.90 bits per heavy atom. The summed E-state index contributed by atoms with van der Waals surface area (Å²) in [6.45, 7) is 1.09. The van der Waals surface area contributed by atoms with Crippen molar-refractivity contribution in [2.24, 2.45) is 0 Å². The molecule has 1 fully saturated rings. The van der Waals surface area contributed by atoms with Crippen LogP contribution in [0.4, 0.5) is 0 Å². The van der Waals surface area contributed by atoms with E-state index in [-0.39, 0.29) is 6.04 Å². The van der Waals surface area contributed by atoms with Crippen molar-refractivity contribution in [3.05, 3.63) is 0 Å². The number of carbonyl (C=O) groups excluding carboxylic acids is 2. The molecular formula is C11H18N2O6S. The number of rotatable bonds is 7. The van der Waals surface area contributed by atoms with Gasteiger partial charge >= 0.3 is 5.97 Å². The van der Waals surface area contributed by atoms with E-state index >= 15 is 0 Å². The molecule has 0 aromatic heterocycles. The molecule has 8 nitrogen and oxygen atoms in total. The zero-order chi connectivity index (χ0) is 15.5. The van der Waals surface area contributed by atoms with Gasteiger partial charge in [0.25, 0.3) is 0 Å². The fourth-order valence-electron chi connectivity index (χ4n) is 1.69. The molecule has 1 aliphatic carbocycles. The van der Waals surface area contributed by atoms with Crippen LogP contribution in [-0.2, 0) is 24.2 Å². The third kappa shape index (κ3) is 5.16. The number of amides is 2. The highest BCUT2D eigenvalue weighted by atomic mass is 32.2. The van der Waals surface area contributed by atoms with Crippen LogP contribution in [0.25, 0.3) is 0 Å². The van der Waals surface area contributed by atoms with E-state index in [1.165, 1.54) is 11.9 Å². The zero-order valence-electron chi connectivity index (χ0n) is 11.3. The smallest absolute Gasteiger partial charge is 0.327 e. The van der Waals surface area contributed by atoms with E-state index in [1.807, 2.05) is 5.32 Å². The molecule has 114 valence electrons. The molecule has 1 rings (SSSR count). The Morgan fingerprint density at radius 3 is 2.30 bits per heavy atom. The number of carbonyl (C=O) groups is 3. The third-order valence-corrected chi connectivity index (χ3v) is 4.46. The van der Waals surface area contributed by atoms with Gasteiger partial charge in [-0.1, -0.05) is 0 Å². The van der Waals surface area contributed by atoms with Crippen LogP contribution in [0.3, 0.4) is 0 Å². The Kier molecular flexibility index (Phi) is 5.09. The van der Waals surface area contributed by atoms with E-state index < -0.39 is 45.2 Å². The second-order valence-corrected chi connectivity index (χ2v) is 6.99. The highest BCUT2D eigenvalue weighted by molar-refractivity contribution is 7.92. The normalized spacial score (nSPS) is 16.3. The fraction of sp³-hybridized carbons (Fsp3) is 0.727. The first-order valence-electron chi connectivity index (χ1n) is 6.08. The lowest BCUT2D eigenvalue weighted by atomic mass is 10.3. The van der Waals surface area contributed by atoms with Crippen molar-refractivity contribution in [3.63, 3.8) is 0 Å². The molecular weight excluding hydrogens is 288 g/mol. The minimum Gasteiger partial charge on any atom is -0.480 e. The van der Waals surface area contributed by atoms with E-state index in [1.54, 1.807) is 0 Å². The van der Waals surface area contributed by atoms with E-state index in [0.717, 1.165) is 19.8 Å². The first-order chi connectivity index (χ1) is 9.12. The zero-order valence-corrected chi connectivity index (χ0v) is 12.1. The number of hydrogen-bond acceptors (Lipinski definition) is 5. The van der Waals surface area contributed by atoms with Crippen LogP contribution >= 0.6 is 0 Å². The van der Waals surface area contributed by atoms with Gasteiger partial charge in [-0.3, -0.25) is 9.59 Å². The van der Waals surface area contributed by atoms with Crippen LogP contribution in [-0.4, -0.2) is 66.8 Å². The maximum absolute atomic E-state index is 11.8. The van der Waals surface area contributed by atoms with Crippen LogP contribution in [0, 0.1) is 0 Å². The molecule has 0 radical (unpaired) electrons.